The molecule has 2 aromatic carbocycles. The quantitative estimate of drug-likeness (QED) is 0.170. The Balaban J connectivity index is 1.21. The van der Waals surface area contributed by atoms with Crippen molar-refractivity contribution < 1.29 is 14.4 Å². The Morgan fingerprint density at radius 1 is 1.18 bits per heavy atom. The zero-order valence-electron chi connectivity index (χ0n) is 17.5. The average molecular weight is 577 g/mol. The van der Waals surface area contributed by atoms with Crippen LogP contribution in [0.1, 0.15) is 12.0 Å². The first kappa shape index (κ1) is 24.5. The average Bonchev–Trinajstić information content (AvgIpc) is 3.35. The number of hydrazine groups is 1. The fourth-order valence-corrected chi connectivity index (χ4v) is 5.43. The molecule has 2 heterocycles. The van der Waals surface area contributed by atoms with Gasteiger partial charge in [0.2, 0.25) is 11.8 Å². The largest absolute Gasteiger partial charge is 0.333 e. The summed E-state index contributed by atoms with van der Waals surface area (Å²) >= 11 is 11.1. The molecule has 174 valence electrons. The van der Waals surface area contributed by atoms with Crippen molar-refractivity contribution >= 4 is 90.8 Å². The highest BCUT2D eigenvalue weighted by atomic mass is 79.9. The Bertz CT molecular complexity index is 1280. The summed E-state index contributed by atoms with van der Waals surface area (Å²) in [6.45, 7) is 0.121. The predicted octanol–water partition coefficient (Wildman–Crippen LogP) is 3.86. The number of carbonyl (C=O) groups is 3. The molecule has 0 radical (unpaired) electrons. The zero-order chi connectivity index (χ0) is 24.1. The lowest BCUT2D eigenvalue weighted by Crippen LogP contribution is -2.44. The first-order chi connectivity index (χ1) is 16.4. The van der Waals surface area contributed by atoms with E-state index in [1.54, 1.807) is 6.08 Å². The zero-order valence-corrected chi connectivity index (χ0v) is 21.6. The number of para-hydroxylation sites is 2. The Labute approximate surface area is 217 Å². The molecule has 1 aliphatic heterocycles. The van der Waals surface area contributed by atoms with E-state index in [0.717, 1.165) is 21.1 Å². The number of thiocarbonyl (C=S) groups is 1. The van der Waals surface area contributed by atoms with E-state index in [0.29, 0.717) is 14.4 Å². The van der Waals surface area contributed by atoms with Crippen molar-refractivity contribution in [1.82, 2.24) is 25.7 Å². The predicted molar refractivity (Wildman–Crippen MR) is 142 cm³/mol. The fraction of sp³-hybridized carbons (Fsp3) is 0.136. The van der Waals surface area contributed by atoms with Crippen molar-refractivity contribution in [3.63, 3.8) is 0 Å². The van der Waals surface area contributed by atoms with Crippen molar-refractivity contribution in [2.45, 2.75) is 11.6 Å². The molecule has 4 rings (SSSR count). The van der Waals surface area contributed by atoms with Gasteiger partial charge in [-0.2, -0.15) is 0 Å². The second kappa shape index (κ2) is 11.2. The number of nitrogens with zero attached hydrogens (tertiary/aromatic N) is 2. The summed E-state index contributed by atoms with van der Waals surface area (Å²) in [6, 6.07) is 15.1. The number of carbonyl (C=O) groups excluding carboxylic acids is 3. The number of rotatable bonds is 7. The van der Waals surface area contributed by atoms with Gasteiger partial charge in [-0.3, -0.25) is 30.1 Å². The third-order valence-electron chi connectivity index (χ3n) is 4.63. The van der Waals surface area contributed by atoms with E-state index in [4.69, 9.17) is 12.2 Å². The maximum Gasteiger partial charge on any atom is 0.266 e. The monoisotopic (exact) mass is 575 g/mol. The molecule has 3 N–H and O–H groups in total. The molecule has 34 heavy (non-hydrogen) atoms. The van der Waals surface area contributed by atoms with E-state index in [1.807, 2.05) is 48.5 Å². The molecule has 1 aliphatic rings. The van der Waals surface area contributed by atoms with Crippen molar-refractivity contribution in [2.24, 2.45) is 0 Å². The fourth-order valence-electron chi connectivity index (χ4n) is 3.02. The van der Waals surface area contributed by atoms with Crippen LogP contribution in [0.5, 0.6) is 0 Å². The molecular weight excluding hydrogens is 558 g/mol. The lowest BCUT2D eigenvalue weighted by Gasteiger charge is -2.14. The van der Waals surface area contributed by atoms with Gasteiger partial charge >= 0.3 is 0 Å². The van der Waals surface area contributed by atoms with E-state index in [2.05, 4.69) is 36.7 Å². The van der Waals surface area contributed by atoms with Gasteiger partial charge in [-0.15, -0.1) is 0 Å². The molecule has 12 heteroatoms. The van der Waals surface area contributed by atoms with Crippen LogP contribution in [0.15, 0.2) is 63.1 Å². The molecule has 8 nitrogen and oxygen atoms in total. The van der Waals surface area contributed by atoms with Crippen molar-refractivity contribution in [1.29, 1.82) is 0 Å². The van der Waals surface area contributed by atoms with Crippen molar-refractivity contribution in [2.75, 3.05) is 12.3 Å². The van der Waals surface area contributed by atoms with Crippen LogP contribution in [0.4, 0.5) is 0 Å². The molecular formula is C22H18BrN5O3S3. The molecule has 0 bridgehead atoms. The van der Waals surface area contributed by atoms with E-state index in [-0.39, 0.29) is 30.5 Å². The summed E-state index contributed by atoms with van der Waals surface area (Å²) < 4.78 is 1.30. The van der Waals surface area contributed by atoms with Crippen LogP contribution in [-0.4, -0.2) is 49.2 Å². The summed E-state index contributed by atoms with van der Waals surface area (Å²) in [7, 11) is 0. The first-order valence-corrected chi connectivity index (χ1v) is 13.1. The van der Waals surface area contributed by atoms with Gasteiger partial charge in [0.1, 0.15) is 4.32 Å². The Kier molecular flexibility index (Phi) is 8.03. The highest BCUT2D eigenvalue weighted by molar-refractivity contribution is 9.10. The number of halogens is 1. The lowest BCUT2D eigenvalue weighted by molar-refractivity contribution is -0.128. The maximum atomic E-state index is 12.7. The smallest absolute Gasteiger partial charge is 0.266 e. The molecule has 0 unspecified atom stereocenters. The Morgan fingerprint density at radius 2 is 1.97 bits per heavy atom. The number of nitrogens with one attached hydrogen (secondary N) is 3. The number of imidazole rings is 1. The number of hydrogen-bond acceptors (Lipinski definition) is 7. The molecule has 3 aromatic rings. The first-order valence-electron chi connectivity index (χ1n) is 10.1. The van der Waals surface area contributed by atoms with Gasteiger partial charge in [0, 0.05) is 17.4 Å². The van der Waals surface area contributed by atoms with Gasteiger partial charge in [-0.05, 0) is 35.9 Å². The number of aromatic amines is 1. The van der Waals surface area contributed by atoms with Crippen molar-refractivity contribution in [3.8, 4) is 0 Å². The van der Waals surface area contributed by atoms with Gasteiger partial charge in [0.15, 0.2) is 5.16 Å². The maximum absolute atomic E-state index is 12.7. The standard InChI is InChI=1S/C22H18BrN5O3S3/c23-14-5-3-4-13(10-14)11-17-20(31)28(22(32)34-17)9-8-18(29)26-27-19(30)12-33-21-24-15-6-1-2-7-16(15)25-21/h1-7,10-11H,8-9,12H2,(H,24,25)(H,26,29)(H,27,30)/b17-11-. The van der Waals surface area contributed by atoms with Crippen LogP contribution in [-0.2, 0) is 14.4 Å². The molecule has 0 atom stereocenters. The van der Waals surface area contributed by atoms with E-state index in [9.17, 15) is 14.4 Å². The molecule has 1 aromatic heterocycles. The lowest BCUT2D eigenvalue weighted by atomic mass is 10.2. The van der Waals surface area contributed by atoms with Gasteiger partial charge in [-0.1, -0.05) is 75.9 Å². The highest BCUT2D eigenvalue weighted by Crippen LogP contribution is 2.32. The van der Waals surface area contributed by atoms with E-state index < -0.39 is 5.91 Å². The third-order valence-corrected chi connectivity index (χ3v) is 7.38. The Hall–Kier alpha value is -2.67. The van der Waals surface area contributed by atoms with Gasteiger partial charge in [0.25, 0.3) is 5.91 Å². The molecule has 0 spiro atoms. The molecule has 1 saturated heterocycles. The van der Waals surface area contributed by atoms with E-state index in [1.165, 1.54) is 28.4 Å². The van der Waals surface area contributed by atoms with E-state index >= 15 is 0 Å². The van der Waals surface area contributed by atoms with Gasteiger partial charge in [0.05, 0.1) is 21.7 Å². The molecule has 0 aliphatic carbocycles. The highest BCUT2D eigenvalue weighted by Gasteiger charge is 2.32. The normalized spacial score (nSPS) is 14.7. The van der Waals surface area contributed by atoms with Crippen molar-refractivity contribution in [3.05, 3.63) is 63.5 Å². The van der Waals surface area contributed by atoms with Crippen LogP contribution in [0, 0.1) is 0 Å². The Morgan fingerprint density at radius 3 is 2.76 bits per heavy atom. The van der Waals surface area contributed by atoms with Gasteiger partial charge < -0.3 is 4.98 Å². The summed E-state index contributed by atoms with van der Waals surface area (Å²) in [5.74, 6) is -0.961. The summed E-state index contributed by atoms with van der Waals surface area (Å²) in [5.41, 5.74) is 7.32. The SMILES string of the molecule is O=C(CCN1C(=O)/C(=C/c2cccc(Br)c2)SC1=S)NNC(=O)CSc1nc2ccccc2[nH]1. The number of benzene rings is 2. The molecule has 0 saturated carbocycles. The molecule has 3 amide bonds. The second-order valence-corrected chi connectivity index (χ2v) is 10.6. The van der Waals surface area contributed by atoms with Crippen LogP contribution >= 0.6 is 51.7 Å². The minimum absolute atomic E-state index is 0.00635. The number of H-pyrrole nitrogens is 1. The number of fused-ring (bicyclic) bond motifs is 1. The minimum Gasteiger partial charge on any atom is -0.333 e. The summed E-state index contributed by atoms with van der Waals surface area (Å²) in [5, 5.41) is 0.618. The second-order valence-electron chi connectivity index (χ2n) is 7.08. The van der Waals surface area contributed by atoms with Crippen LogP contribution in [0.3, 0.4) is 0 Å². The number of hydrogen-bond donors (Lipinski definition) is 3. The summed E-state index contributed by atoms with van der Waals surface area (Å²) in [6.07, 6.45) is 1.76. The summed E-state index contributed by atoms with van der Waals surface area (Å²) in [4.78, 5) is 46.3. The number of thioether (sulfide) groups is 2. The minimum atomic E-state index is -0.424. The third kappa shape index (κ3) is 6.26. The molecule has 1 fully saturated rings. The van der Waals surface area contributed by atoms with Crippen LogP contribution in [0.25, 0.3) is 17.1 Å². The van der Waals surface area contributed by atoms with Crippen LogP contribution in [0.2, 0.25) is 0 Å². The van der Waals surface area contributed by atoms with Gasteiger partial charge in [-0.25, -0.2) is 4.98 Å². The van der Waals surface area contributed by atoms with Crippen LogP contribution < -0.4 is 10.9 Å². The topological polar surface area (TPSA) is 107 Å². The number of aromatic nitrogens is 2. The number of amides is 3.